The lowest BCUT2D eigenvalue weighted by atomic mass is 10.2. The van der Waals surface area contributed by atoms with Crippen molar-refractivity contribution >= 4 is 38.6 Å². The molecule has 0 amide bonds. The van der Waals surface area contributed by atoms with Gasteiger partial charge < -0.3 is 28.6 Å². The Morgan fingerprint density at radius 2 is 1.63 bits per heavy atom. The number of ether oxygens (including phenoxy) is 3. The Morgan fingerprint density at radius 3 is 2.28 bits per heavy atom. The van der Waals surface area contributed by atoms with E-state index in [-0.39, 0.29) is 6.10 Å². The lowest BCUT2D eigenvalue weighted by molar-refractivity contribution is -0.188. The highest BCUT2D eigenvalue weighted by Gasteiger charge is 2.45. The van der Waals surface area contributed by atoms with Gasteiger partial charge in [0.15, 0.2) is 0 Å². The van der Waals surface area contributed by atoms with Gasteiger partial charge in [-0.1, -0.05) is 19.9 Å². The summed E-state index contributed by atoms with van der Waals surface area (Å²) in [6.45, 7) is 9.50. The van der Waals surface area contributed by atoms with Gasteiger partial charge in [0.1, 0.15) is 37.7 Å². The van der Waals surface area contributed by atoms with Crippen molar-refractivity contribution in [2.24, 2.45) is 0 Å². The van der Waals surface area contributed by atoms with Crippen LogP contribution in [0.1, 0.15) is 30.1 Å². The second kappa shape index (κ2) is 13.6. The van der Waals surface area contributed by atoms with E-state index < -0.39 is 5.79 Å². The standard InChI is InChI=1S/C35H39BrN6O3S/c1-3-27-8-9-28(4-2)42(27)30-12-10-29(11-13-30)39-14-16-40(17-15-39)31-6-5-7-32(19-31)43-20-33-21-44-35(45-33,23-41-25-37-24-38-41)34-18-26(36)22-46-34/h5-13,18-19,22,24-25,33H,3-4,14-17,20-21,23H2,1-2H3/t33-,35-/m1/s1. The summed E-state index contributed by atoms with van der Waals surface area (Å²) in [7, 11) is 0. The fourth-order valence-electron chi connectivity index (χ4n) is 6.38. The first-order chi connectivity index (χ1) is 22.5. The quantitative estimate of drug-likeness (QED) is 0.152. The molecule has 0 N–H and O–H groups in total. The summed E-state index contributed by atoms with van der Waals surface area (Å²) in [6.07, 6.45) is 5.03. The molecular formula is C35H39BrN6O3S. The molecule has 46 heavy (non-hydrogen) atoms. The van der Waals surface area contributed by atoms with E-state index in [1.165, 1.54) is 34.8 Å². The van der Waals surface area contributed by atoms with Crippen LogP contribution >= 0.6 is 27.3 Å². The Bertz CT molecular complexity index is 1710. The summed E-state index contributed by atoms with van der Waals surface area (Å²) >= 11 is 5.16. The number of halogens is 1. The second-order valence-electron chi connectivity index (χ2n) is 11.7. The number of benzene rings is 2. The van der Waals surface area contributed by atoms with E-state index in [1.807, 2.05) is 17.5 Å². The molecule has 11 heteroatoms. The van der Waals surface area contributed by atoms with Crippen LogP contribution in [0.4, 0.5) is 11.4 Å². The van der Waals surface area contributed by atoms with Crippen LogP contribution in [-0.2, 0) is 34.6 Å². The van der Waals surface area contributed by atoms with E-state index in [2.05, 4.69) is 109 Å². The minimum absolute atomic E-state index is 0.220. The first kappa shape index (κ1) is 31.0. The predicted molar refractivity (Wildman–Crippen MR) is 185 cm³/mol. The number of aromatic nitrogens is 4. The number of thiophene rings is 1. The normalized spacial score (nSPS) is 20.0. The molecule has 240 valence electrons. The smallest absolute Gasteiger partial charge is 0.225 e. The molecule has 2 saturated heterocycles. The Hall–Kier alpha value is -3.64. The number of hydrogen-bond donors (Lipinski definition) is 0. The van der Waals surface area contributed by atoms with Crippen LogP contribution in [0.25, 0.3) is 5.69 Å². The zero-order valence-electron chi connectivity index (χ0n) is 26.2. The molecule has 3 aromatic heterocycles. The van der Waals surface area contributed by atoms with Crippen molar-refractivity contribution in [2.75, 3.05) is 49.2 Å². The number of anilines is 2. The van der Waals surface area contributed by atoms with E-state index in [4.69, 9.17) is 14.2 Å². The molecule has 2 fully saturated rings. The molecule has 0 bridgehead atoms. The summed E-state index contributed by atoms with van der Waals surface area (Å²) in [5.41, 5.74) is 6.41. The summed E-state index contributed by atoms with van der Waals surface area (Å²) in [5.74, 6) is -0.103. The Labute approximate surface area is 282 Å². The molecule has 0 aliphatic carbocycles. The minimum Gasteiger partial charge on any atom is -0.491 e. The first-order valence-electron chi connectivity index (χ1n) is 15.9. The maximum Gasteiger partial charge on any atom is 0.225 e. The van der Waals surface area contributed by atoms with Gasteiger partial charge >= 0.3 is 0 Å². The average molecular weight is 704 g/mol. The van der Waals surface area contributed by atoms with E-state index in [0.717, 1.165) is 54.1 Å². The molecule has 2 aliphatic rings. The van der Waals surface area contributed by atoms with Gasteiger partial charge in [-0.15, -0.1) is 11.3 Å². The highest BCUT2D eigenvalue weighted by Crippen LogP contribution is 2.40. The molecule has 0 radical (unpaired) electrons. The van der Waals surface area contributed by atoms with Crippen molar-refractivity contribution in [3.05, 3.63) is 106 Å². The molecule has 2 atom stereocenters. The maximum atomic E-state index is 6.53. The number of rotatable bonds is 11. The molecule has 2 aliphatic heterocycles. The highest BCUT2D eigenvalue weighted by molar-refractivity contribution is 9.10. The number of hydrogen-bond acceptors (Lipinski definition) is 8. The summed E-state index contributed by atoms with van der Waals surface area (Å²) in [4.78, 5) is 9.97. The molecule has 0 saturated carbocycles. The molecule has 9 nitrogen and oxygen atoms in total. The van der Waals surface area contributed by atoms with Gasteiger partial charge in [-0.05, 0) is 83.4 Å². The SMILES string of the molecule is CCc1ccc(CC)n1-c1ccc(N2CCN(c3cccc(OC[C@@H]4CO[C@@](Cn5cncn5)(c5cc(Br)cs5)O4)c3)CC2)cc1. The van der Waals surface area contributed by atoms with Gasteiger partial charge in [-0.2, -0.15) is 5.10 Å². The Kier molecular flexibility index (Phi) is 9.17. The number of piperazine rings is 1. The van der Waals surface area contributed by atoms with Crippen LogP contribution in [0.2, 0.25) is 0 Å². The molecular weight excluding hydrogens is 664 g/mol. The van der Waals surface area contributed by atoms with Crippen molar-refractivity contribution in [1.29, 1.82) is 0 Å². The van der Waals surface area contributed by atoms with Crippen LogP contribution in [0.5, 0.6) is 5.75 Å². The number of aryl methyl sites for hydroxylation is 2. The Balaban J connectivity index is 0.950. The van der Waals surface area contributed by atoms with Gasteiger partial charge in [0.2, 0.25) is 5.79 Å². The van der Waals surface area contributed by atoms with Crippen LogP contribution in [0.3, 0.4) is 0 Å². The van der Waals surface area contributed by atoms with Crippen molar-refractivity contribution in [3.63, 3.8) is 0 Å². The highest BCUT2D eigenvalue weighted by atomic mass is 79.9. The lowest BCUT2D eigenvalue weighted by Crippen LogP contribution is -2.46. The molecule has 2 aromatic carbocycles. The zero-order valence-corrected chi connectivity index (χ0v) is 28.6. The zero-order chi connectivity index (χ0) is 31.5. The minimum atomic E-state index is -0.931. The third kappa shape index (κ3) is 6.46. The molecule has 5 heterocycles. The van der Waals surface area contributed by atoms with E-state index in [0.29, 0.717) is 19.8 Å². The van der Waals surface area contributed by atoms with E-state index in [9.17, 15) is 0 Å². The summed E-state index contributed by atoms with van der Waals surface area (Å²) in [5, 5.41) is 6.31. The number of nitrogens with zero attached hydrogens (tertiary/aromatic N) is 6. The monoisotopic (exact) mass is 702 g/mol. The molecule has 0 spiro atoms. The summed E-state index contributed by atoms with van der Waals surface area (Å²) in [6, 6.07) is 24.0. The van der Waals surface area contributed by atoms with Crippen LogP contribution in [0, 0.1) is 0 Å². The summed E-state index contributed by atoms with van der Waals surface area (Å²) < 4.78 is 24.3. The van der Waals surface area contributed by atoms with Crippen LogP contribution < -0.4 is 14.5 Å². The topological polar surface area (TPSA) is 69.8 Å². The van der Waals surface area contributed by atoms with Crippen LogP contribution in [-0.4, -0.2) is 64.8 Å². The Morgan fingerprint density at radius 1 is 0.913 bits per heavy atom. The maximum absolute atomic E-state index is 6.53. The average Bonchev–Trinajstić information content (AvgIpc) is 3.92. The lowest BCUT2D eigenvalue weighted by Gasteiger charge is -2.37. The van der Waals surface area contributed by atoms with Gasteiger partial charge in [0, 0.05) is 70.5 Å². The van der Waals surface area contributed by atoms with Crippen molar-refractivity contribution in [1.82, 2.24) is 19.3 Å². The van der Waals surface area contributed by atoms with Gasteiger partial charge in [-0.3, -0.25) is 0 Å². The van der Waals surface area contributed by atoms with Crippen molar-refractivity contribution < 1.29 is 14.2 Å². The van der Waals surface area contributed by atoms with Crippen LogP contribution in [0.15, 0.2) is 89.2 Å². The third-order valence-corrected chi connectivity index (χ3v) is 10.6. The second-order valence-corrected chi connectivity index (χ2v) is 13.5. The van der Waals surface area contributed by atoms with Crippen molar-refractivity contribution in [2.45, 2.75) is 45.1 Å². The third-order valence-electron chi connectivity index (χ3n) is 8.78. The van der Waals surface area contributed by atoms with Gasteiger partial charge in [0.25, 0.3) is 0 Å². The molecule has 0 unspecified atom stereocenters. The van der Waals surface area contributed by atoms with Crippen molar-refractivity contribution in [3.8, 4) is 11.4 Å². The predicted octanol–water partition coefficient (Wildman–Crippen LogP) is 6.69. The van der Waals surface area contributed by atoms with E-state index in [1.54, 1.807) is 22.3 Å². The van der Waals surface area contributed by atoms with E-state index >= 15 is 0 Å². The molecule has 7 rings (SSSR count). The van der Waals surface area contributed by atoms with Gasteiger partial charge in [-0.25, -0.2) is 9.67 Å². The fourth-order valence-corrected chi connectivity index (χ4v) is 7.90. The fraction of sp³-hybridized carbons (Fsp3) is 0.371. The molecule has 5 aromatic rings. The van der Waals surface area contributed by atoms with Gasteiger partial charge in [0.05, 0.1) is 11.5 Å². The first-order valence-corrected chi connectivity index (χ1v) is 17.6. The largest absolute Gasteiger partial charge is 0.491 e.